The summed E-state index contributed by atoms with van der Waals surface area (Å²) in [5, 5.41) is 0. The van der Waals surface area contributed by atoms with Crippen molar-refractivity contribution in [2.24, 2.45) is 0 Å². The Hall–Kier alpha value is -3.13. The van der Waals surface area contributed by atoms with Crippen molar-refractivity contribution in [2.75, 3.05) is 12.8 Å². The lowest BCUT2D eigenvalue weighted by Crippen LogP contribution is -2.39. The summed E-state index contributed by atoms with van der Waals surface area (Å²) in [5.74, 6) is 0. The molecule has 43 heavy (non-hydrogen) atoms. The largest absolute Gasteiger partial charge is 0.374 e. The summed E-state index contributed by atoms with van der Waals surface area (Å²) in [5.41, 5.74) is 3.96. The first-order valence-electron chi connectivity index (χ1n) is 14.7. The molecular weight excluding hydrogens is 563 g/mol. The molecule has 1 aliphatic rings. The van der Waals surface area contributed by atoms with Gasteiger partial charge >= 0.3 is 7.60 Å². The second-order valence-corrected chi connectivity index (χ2v) is 12.7. The molecular formula is C35H39O7P. The van der Waals surface area contributed by atoms with E-state index in [9.17, 15) is 4.57 Å². The third-order valence-electron chi connectivity index (χ3n) is 7.15. The molecule has 1 fully saturated rings. The van der Waals surface area contributed by atoms with Crippen LogP contribution in [0.4, 0.5) is 0 Å². The standard InChI is InChI=1S/C35H39O7P/c1-2-43(36,40-26-31-21-13-6-14-22-31)42-35-34(39-25-30-19-11-5-12-20-30)33(38-24-29-17-9-4-10-18-29)32(41-35)27-37-23-28-15-7-3-8-16-28/h3-22,32-35H,2,23-27H2,1H3/t32-,33-,34-,35-,43?/m1/s1. The Morgan fingerprint density at radius 1 is 0.605 bits per heavy atom. The van der Waals surface area contributed by atoms with Crippen molar-refractivity contribution in [3.8, 4) is 0 Å². The van der Waals surface area contributed by atoms with Crippen molar-refractivity contribution in [3.05, 3.63) is 144 Å². The van der Waals surface area contributed by atoms with Crippen molar-refractivity contribution in [1.29, 1.82) is 0 Å². The van der Waals surface area contributed by atoms with Crippen LogP contribution in [-0.4, -0.2) is 37.4 Å². The molecule has 1 aliphatic heterocycles. The molecule has 0 aliphatic carbocycles. The van der Waals surface area contributed by atoms with Crippen LogP contribution < -0.4 is 0 Å². The van der Waals surface area contributed by atoms with Crippen molar-refractivity contribution in [2.45, 2.75) is 58.0 Å². The van der Waals surface area contributed by atoms with E-state index in [2.05, 4.69) is 0 Å². The topological polar surface area (TPSA) is 72.5 Å². The smallest absolute Gasteiger partial charge is 0.333 e. The second-order valence-electron chi connectivity index (χ2n) is 10.4. The van der Waals surface area contributed by atoms with E-state index in [1.807, 2.05) is 121 Å². The van der Waals surface area contributed by atoms with Gasteiger partial charge in [0, 0.05) is 6.16 Å². The number of ether oxygens (including phenoxy) is 4. The molecule has 4 aromatic carbocycles. The molecule has 1 unspecified atom stereocenters. The summed E-state index contributed by atoms with van der Waals surface area (Å²) in [6.07, 6.45) is -2.58. The molecule has 1 heterocycles. The monoisotopic (exact) mass is 602 g/mol. The van der Waals surface area contributed by atoms with E-state index >= 15 is 0 Å². The Labute approximate surface area is 254 Å². The van der Waals surface area contributed by atoms with Crippen LogP contribution in [0.25, 0.3) is 0 Å². The van der Waals surface area contributed by atoms with E-state index in [1.165, 1.54) is 0 Å². The number of hydrogen-bond donors (Lipinski definition) is 0. The lowest BCUT2D eigenvalue weighted by Gasteiger charge is -2.27. The zero-order valence-electron chi connectivity index (χ0n) is 24.4. The molecule has 0 aromatic heterocycles. The fourth-order valence-electron chi connectivity index (χ4n) is 4.79. The number of hydrogen-bond acceptors (Lipinski definition) is 7. The minimum absolute atomic E-state index is 0.159. The summed E-state index contributed by atoms with van der Waals surface area (Å²) >= 11 is 0. The highest BCUT2D eigenvalue weighted by Gasteiger charge is 2.49. The number of benzene rings is 4. The molecule has 5 atom stereocenters. The predicted molar refractivity (Wildman–Crippen MR) is 165 cm³/mol. The first-order valence-corrected chi connectivity index (χ1v) is 16.4. The highest BCUT2D eigenvalue weighted by Crippen LogP contribution is 2.52. The van der Waals surface area contributed by atoms with Crippen LogP contribution in [0.5, 0.6) is 0 Å². The molecule has 1 saturated heterocycles. The Morgan fingerprint density at radius 3 is 1.53 bits per heavy atom. The van der Waals surface area contributed by atoms with Gasteiger partial charge in [-0.1, -0.05) is 128 Å². The van der Waals surface area contributed by atoms with Crippen LogP contribution in [0.15, 0.2) is 121 Å². The van der Waals surface area contributed by atoms with Gasteiger partial charge in [0.25, 0.3) is 0 Å². The molecule has 0 amide bonds. The summed E-state index contributed by atoms with van der Waals surface area (Å²) < 4.78 is 51.4. The minimum atomic E-state index is -3.55. The van der Waals surface area contributed by atoms with Gasteiger partial charge in [-0.15, -0.1) is 0 Å². The zero-order valence-corrected chi connectivity index (χ0v) is 25.3. The molecule has 0 radical (unpaired) electrons. The molecule has 0 saturated carbocycles. The van der Waals surface area contributed by atoms with Crippen LogP contribution in [0.1, 0.15) is 29.2 Å². The van der Waals surface area contributed by atoms with E-state index in [0.717, 1.165) is 22.3 Å². The van der Waals surface area contributed by atoms with Gasteiger partial charge < -0.3 is 23.5 Å². The van der Waals surface area contributed by atoms with Gasteiger partial charge in [-0.2, -0.15) is 0 Å². The average Bonchev–Trinajstić information content (AvgIpc) is 3.38. The van der Waals surface area contributed by atoms with Crippen LogP contribution in [-0.2, 0) is 59.0 Å². The first-order chi connectivity index (χ1) is 21.1. The molecule has 0 spiro atoms. The fraction of sp³-hybridized carbons (Fsp3) is 0.314. The van der Waals surface area contributed by atoms with Gasteiger partial charge in [0.15, 0.2) is 6.29 Å². The molecule has 8 heteroatoms. The third-order valence-corrected chi connectivity index (χ3v) is 8.98. The van der Waals surface area contributed by atoms with E-state index < -0.39 is 32.2 Å². The normalized spacial score (nSPS) is 21.4. The molecule has 7 nitrogen and oxygen atoms in total. The fourth-order valence-corrected chi connectivity index (χ4v) is 6.01. The van der Waals surface area contributed by atoms with Gasteiger partial charge in [0.05, 0.1) is 33.0 Å². The van der Waals surface area contributed by atoms with E-state index in [0.29, 0.717) is 19.8 Å². The summed E-state index contributed by atoms with van der Waals surface area (Å²) in [6.45, 7) is 3.24. The molecule has 226 valence electrons. The second kappa shape index (κ2) is 16.1. The lowest BCUT2D eigenvalue weighted by molar-refractivity contribution is -0.143. The van der Waals surface area contributed by atoms with Crippen molar-refractivity contribution < 1.29 is 32.6 Å². The van der Waals surface area contributed by atoms with Gasteiger partial charge in [-0.25, -0.2) is 0 Å². The van der Waals surface area contributed by atoms with Gasteiger partial charge in [-0.3, -0.25) is 9.09 Å². The average molecular weight is 603 g/mol. The zero-order chi connectivity index (χ0) is 29.7. The highest BCUT2D eigenvalue weighted by atomic mass is 31.2. The number of rotatable bonds is 16. The van der Waals surface area contributed by atoms with Gasteiger partial charge in [-0.05, 0) is 22.3 Å². The highest BCUT2D eigenvalue weighted by molar-refractivity contribution is 7.53. The minimum Gasteiger partial charge on any atom is -0.374 e. The van der Waals surface area contributed by atoms with Crippen LogP contribution in [0, 0.1) is 0 Å². The van der Waals surface area contributed by atoms with Crippen molar-refractivity contribution in [3.63, 3.8) is 0 Å². The Bertz CT molecular complexity index is 1390. The van der Waals surface area contributed by atoms with Crippen LogP contribution in [0.2, 0.25) is 0 Å². The molecule has 0 N–H and O–H groups in total. The summed E-state index contributed by atoms with van der Waals surface area (Å²) in [4.78, 5) is 0. The maximum atomic E-state index is 13.9. The van der Waals surface area contributed by atoms with Gasteiger partial charge in [0.2, 0.25) is 0 Å². The maximum absolute atomic E-state index is 13.9. The Morgan fingerprint density at radius 2 is 1.05 bits per heavy atom. The summed E-state index contributed by atoms with van der Waals surface area (Å²) in [6, 6.07) is 39.4. The third kappa shape index (κ3) is 9.43. The van der Waals surface area contributed by atoms with Gasteiger partial charge in [0.1, 0.15) is 18.3 Å². The first kappa shape index (κ1) is 31.3. The Kier molecular flexibility index (Phi) is 11.7. The molecule has 4 aromatic rings. The SMILES string of the molecule is CCP(=O)(OCc1ccccc1)O[C@H]1O[C@H](COCc2ccccc2)[C@@H](OCc2ccccc2)[C@H]1OCc1ccccc1. The molecule has 5 rings (SSSR count). The quantitative estimate of drug-likeness (QED) is 0.123. The lowest BCUT2D eigenvalue weighted by atomic mass is 10.1. The summed E-state index contributed by atoms with van der Waals surface area (Å²) in [7, 11) is -3.55. The molecule has 0 bridgehead atoms. The van der Waals surface area contributed by atoms with E-state index in [-0.39, 0.29) is 19.4 Å². The van der Waals surface area contributed by atoms with E-state index in [4.69, 9.17) is 28.0 Å². The predicted octanol–water partition coefficient (Wildman–Crippen LogP) is 7.55. The Balaban J connectivity index is 1.35. The van der Waals surface area contributed by atoms with Crippen LogP contribution in [0.3, 0.4) is 0 Å². The van der Waals surface area contributed by atoms with E-state index in [1.54, 1.807) is 6.92 Å². The van der Waals surface area contributed by atoms with Crippen molar-refractivity contribution in [1.82, 2.24) is 0 Å². The van der Waals surface area contributed by atoms with Crippen LogP contribution >= 0.6 is 7.60 Å². The van der Waals surface area contributed by atoms with Crippen molar-refractivity contribution >= 4 is 7.60 Å². The maximum Gasteiger partial charge on any atom is 0.333 e.